The molecule has 96 valence electrons. The maximum absolute atomic E-state index is 12.4. The fourth-order valence-electron chi connectivity index (χ4n) is 1.30. The van der Waals surface area contributed by atoms with Crippen LogP contribution in [0, 0.1) is 6.92 Å². The summed E-state index contributed by atoms with van der Waals surface area (Å²) in [6.07, 6.45) is -1.68. The van der Waals surface area contributed by atoms with Crippen molar-refractivity contribution in [1.82, 2.24) is 0 Å². The highest BCUT2D eigenvalue weighted by Gasteiger charge is 2.31. The molecule has 4 heteroatoms. The second-order valence-corrected chi connectivity index (χ2v) is 3.84. The molecule has 18 heavy (non-hydrogen) atoms. The number of hydrogen-bond donors (Lipinski definition) is 1. The number of alkyl halides is 3. The Bertz CT molecular complexity index is 479. The molecule has 0 heterocycles. The van der Waals surface area contributed by atoms with E-state index in [4.69, 9.17) is 5.73 Å². The van der Waals surface area contributed by atoms with Gasteiger partial charge in [0.1, 0.15) is 0 Å². The Morgan fingerprint density at radius 2 is 1.72 bits per heavy atom. The summed E-state index contributed by atoms with van der Waals surface area (Å²) in [5.41, 5.74) is 6.40. The van der Waals surface area contributed by atoms with Crippen molar-refractivity contribution in [3.8, 4) is 0 Å². The largest absolute Gasteiger partial charge is 0.417 e. The van der Waals surface area contributed by atoms with E-state index >= 15 is 0 Å². The third-order valence-corrected chi connectivity index (χ3v) is 2.39. The van der Waals surface area contributed by atoms with Gasteiger partial charge in [-0.2, -0.15) is 13.2 Å². The average molecular weight is 253 g/mol. The van der Waals surface area contributed by atoms with Crippen molar-refractivity contribution in [2.24, 2.45) is 5.73 Å². The van der Waals surface area contributed by atoms with E-state index in [1.807, 2.05) is 19.1 Å². The van der Waals surface area contributed by atoms with Gasteiger partial charge in [0.15, 0.2) is 0 Å². The lowest BCUT2D eigenvalue weighted by molar-refractivity contribution is -0.0883. The standard InChI is InChI=1S/C14H14F3N/c1-10-3-6-12(7-4-10)11(2)5-8-13(9-18)14(15,16)17/h3-9H,2,18H2,1H3/b8-5-,13-9+. The Hall–Kier alpha value is -1.97. The second kappa shape index (κ2) is 5.58. The summed E-state index contributed by atoms with van der Waals surface area (Å²) < 4.78 is 37.2. The van der Waals surface area contributed by atoms with Crippen LogP contribution >= 0.6 is 0 Å². The minimum absolute atomic E-state index is 0.499. The molecule has 1 rings (SSSR count). The van der Waals surface area contributed by atoms with Gasteiger partial charge >= 0.3 is 6.18 Å². The summed E-state index contributed by atoms with van der Waals surface area (Å²) >= 11 is 0. The predicted molar refractivity (Wildman–Crippen MR) is 67.7 cm³/mol. The fourth-order valence-corrected chi connectivity index (χ4v) is 1.30. The Morgan fingerprint density at radius 3 is 2.17 bits per heavy atom. The van der Waals surface area contributed by atoms with Crippen LogP contribution in [0.5, 0.6) is 0 Å². The first kappa shape index (κ1) is 14.1. The summed E-state index contributed by atoms with van der Waals surface area (Å²) in [6, 6.07) is 7.36. The van der Waals surface area contributed by atoms with Gasteiger partial charge in [0.05, 0.1) is 5.57 Å². The van der Waals surface area contributed by atoms with Crippen LogP contribution in [0.2, 0.25) is 0 Å². The molecule has 0 aliphatic heterocycles. The molecule has 0 saturated carbocycles. The molecule has 2 N–H and O–H groups in total. The van der Waals surface area contributed by atoms with Crippen LogP contribution in [0.3, 0.4) is 0 Å². The lowest BCUT2D eigenvalue weighted by atomic mass is 10.0. The molecule has 0 saturated heterocycles. The summed E-state index contributed by atoms with van der Waals surface area (Å²) in [5.74, 6) is 0. The van der Waals surface area contributed by atoms with Gasteiger partial charge in [0, 0.05) is 6.20 Å². The molecule has 0 aromatic heterocycles. The lowest BCUT2D eigenvalue weighted by Crippen LogP contribution is -2.11. The minimum Gasteiger partial charge on any atom is -0.404 e. The van der Waals surface area contributed by atoms with Gasteiger partial charge < -0.3 is 5.73 Å². The Balaban J connectivity index is 2.85. The molecule has 0 atom stereocenters. The van der Waals surface area contributed by atoms with Crippen molar-refractivity contribution in [3.63, 3.8) is 0 Å². The molecule has 0 amide bonds. The number of benzene rings is 1. The zero-order chi connectivity index (χ0) is 13.8. The van der Waals surface area contributed by atoms with Crippen LogP contribution in [0.4, 0.5) is 13.2 Å². The van der Waals surface area contributed by atoms with Crippen molar-refractivity contribution in [1.29, 1.82) is 0 Å². The summed E-state index contributed by atoms with van der Waals surface area (Å²) in [4.78, 5) is 0. The number of halogens is 3. The van der Waals surface area contributed by atoms with Crippen molar-refractivity contribution in [2.45, 2.75) is 13.1 Å². The predicted octanol–water partition coefficient (Wildman–Crippen LogP) is 3.97. The molecule has 0 spiro atoms. The number of nitrogens with two attached hydrogens (primary N) is 1. The maximum Gasteiger partial charge on any atom is 0.417 e. The molecule has 0 radical (unpaired) electrons. The number of aryl methyl sites for hydroxylation is 1. The van der Waals surface area contributed by atoms with E-state index in [1.54, 1.807) is 12.1 Å². The molecule has 0 bridgehead atoms. The molecular formula is C14H14F3N. The highest BCUT2D eigenvalue weighted by Crippen LogP contribution is 2.26. The van der Waals surface area contributed by atoms with Crippen molar-refractivity contribution >= 4 is 5.57 Å². The first-order valence-corrected chi connectivity index (χ1v) is 5.27. The zero-order valence-electron chi connectivity index (χ0n) is 9.96. The third-order valence-electron chi connectivity index (χ3n) is 2.39. The fraction of sp³-hybridized carbons (Fsp3) is 0.143. The molecule has 0 fully saturated rings. The van der Waals surface area contributed by atoms with Gasteiger partial charge in [0.25, 0.3) is 0 Å². The van der Waals surface area contributed by atoms with Crippen LogP contribution in [0.25, 0.3) is 5.57 Å². The molecule has 0 aliphatic carbocycles. The first-order chi connectivity index (χ1) is 8.34. The third kappa shape index (κ3) is 3.80. The number of allylic oxidation sites excluding steroid dienone is 4. The molecule has 0 unspecified atom stereocenters. The van der Waals surface area contributed by atoms with Crippen molar-refractivity contribution in [2.75, 3.05) is 0 Å². The number of rotatable bonds is 3. The zero-order valence-corrected chi connectivity index (χ0v) is 9.96. The van der Waals surface area contributed by atoms with Crippen LogP contribution in [-0.4, -0.2) is 6.18 Å². The monoisotopic (exact) mass is 253 g/mol. The highest BCUT2D eigenvalue weighted by atomic mass is 19.4. The summed E-state index contributed by atoms with van der Waals surface area (Å²) in [5, 5.41) is 0. The molecule has 1 aromatic carbocycles. The minimum atomic E-state index is -4.45. The quantitative estimate of drug-likeness (QED) is 0.810. The van der Waals surface area contributed by atoms with Gasteiger partial charge in [-0.25, -0.2) is 0 Å². The molecule has 1 nitrogen and oxygen atoms in total. The maximum atomic E-state index is 12.4. The van der Waals surface area contributed by atoms with Crippen LogP contribution in [-0.2, 0) is 0 Å². The topological polar surface area (TPSA) is 26.0 Å². The molecule has 0 aliphatic rings. The van der Waals surface area contributed by atoms with E-state index < -0.39 is 11.7 Å². The molecular weight excluding hydrogens is 239 g/mol. The lowest BCUT2D eigenvalue weighted by Gasteiger charge is -2.06. The highest BCUT2D eigenvalue weighted by molar-refractivity contribution is 5.72. The van der Waals surface area contributed by atoms with Gasteiger partial charge in [-0.3, -0.25) is 0 Å². The van der Waals surface area contributed by atoms with Crippen LogP contribution < -0.4 is 5.73 Å². The van der Waals surface area contributed by atoms with Gasteiger partial charge in [-0.05, 0) is 24.1 Å². The van der Waals surface area contributed by atoms with E-state index in [9.17, 15) is 13.2 Å². The van der Waals surface area contributed by atoms with Gasteiger partial charge in [-0.1, -0.05) is 42.5 Å². The Kier molecular flexibility index (Phi) is 4.37. The van der Waals surface area contributed by atoms with E-state index in [0.717, 1.165) is 17.2 Å². The second-order valence-electron chi connectivity index (χ2n) is 3.84. The SMILES string of the molecule is C=C(/C=C\C(=C/N)C(F)(F)F)c1ccc(C)cc1. The number of hydrogen-bond acceptors (Lipinski definition) is 1. The summed E-state index contributed by atoms with van der Waals surface area (Å²) in [6.45, 7) is 5.65. The Labute approximate surface area is 104 Å². The van der Waals surface area contributed by atoms with Crippen molar-refractivity contribution in [3.05, 3.63) is 65.9 Å². The normalized spacial score (nSPS) is 13.0. The average Bonchev–Trinajstić information content (AvgIpc) is 2.28. The first-order valence-electron chi connectivity index (χ1n) is 5.27. The van der Waals surface area contributed by atoms with E-state index in [2.05, 4.69) is 6.58 Å². The van der Waals surface area contributed by atoms with Crippen molar-refractivity contribution < 1.29 is 13.2 Å². The van der Waals surface area contributed by atoms with Gasteiger partial charge in [0.2, 0.25) is 0 Å². The van der Waals surface area contributed by atoms with Crippen LogP contribution in [0.1, 0.15) is 11.1 Å². The van der Waals surface area contributed by atoms with E-state index in [1.165, 1.54) is 6.08 Å². The Morgan fingerprint density at radius 1 is 1.17 bits per heavy atom. The van der Waals surface area contributed by atoms with Gasteiger partial charge in [-0.15, -0.1) is 0 Å². The van der Waals surface area contributed by atoms with E-state index in [-0.39, 0.29) is 0 Å². The molecule has 1 aromatic rings. The summed E-state index contributed by atoms with van der Waals surface area (Å²) in [7, 11) is 0. The van der Waals surface area contributed by atoms with Crippen LogP contribution in [0.15, 0.2) is 54.8 Å². The van der Waals surface area contributed by atoms with E-state index in [0.29, 0.717) is 11.8 Å². The smallest absolute Gasteiger partial charge is 0.404 e.